The summed E-state index contributed by atoms with van der Waals surface area (Å²) in [4.78, 5) is 38.5. The Morgan fingerprint density at radius 2 is 1.97 bits per heavy atom. The maximum absolute atomic E-state index is 12.2. The van der Waals surface area contributed by atoms with Gasteiger partial charge in [0.2, 0.25) is 11.8 Å². The van der Waals surface area contributed by atoms with Crippen molar-refractivity contribution >= 4 is 48.8 Å². The first-order valence-electron chi connectivity index (χ1n) is 9.76. The number of amides is 3. The van der Waals surface area contributed by atoms with Crippen LogP contribution in [0.4, 0.5) is 10.5 Å². The molecule has 1 atom stereocenters. The van der Waals surface area contributed by atoms with Crippen LogP contribution in [0.15, 0.2) is 30.3 Å². The number of carbonyl (C=O) groups excluding carboxylic acids is 3. The van der Waals surface area contributed by atoms with Gasteiger partial charge in [0.05, 0.1) is 18.8 Å². The maximum Gasteiger partial charge on any atom is 0.414 e. The van der Waals surface area contributed by atoms with Crippen molar-refractivity contribution in [2.45, 2.75) is 19.4 Å². The molecule has 1 aromatic carbocycles. The summed E-state index contributed by atoms with van der Waals surface area (Å²) in [7, 11) is -2.59. The molecule has 11 heteroatoms. The zero-order chi connectivity index (χ0) is 22.6. The van der Waals surface area contributed by atoms with E-state index in [0.29, 0.717) is 42.5 Å². The lowest BCUT2D eigenvalue weighted by molar-refractivity contribution is -0.128. The first kappa shape index (κ1) is 23.1. The molecule has 1 fully saturated rings. The van der Waals surface area contributed by atoms with Gasteiger partial charge in [-0.15, -0.1) is 0 Å². The molecule has 0 saturated carbocycles. The van der Waals surface area contributed by atoms with Gasteiger partial charge in [-0.1, -0.05) is 18.2 Å². The molecule has 31 heavy (non-hydrogen) atoms. The molecule has 2 heterocycles. The topological polar surface area (TPSA) is 113 Å². The second-order valence-corrected chi connectivity index (χ2v) is 11.8. The fourth-order valence-electron chi connectivity index (χ4n) is 3.36. The van der Waals surface area contributed by atoms with Crippen LogP contribution in [0, 0.1) is 0 Å². The van der Waals surface area contributed by atoms with Gasteiger partial charge in [-0.3, -0.25) is 14.5 Å². The molecule has 168 valence electrons. The van der Waals surface area contributed by atoms with E-state index in [4.69, 9.17) is 4.74 Å². The van der Waals surface area contributed by atoms with Gasteiger partial charge in [-0.2, -0.15) is 0 Å². The molecular weight excluding hydrogens is 442 g/mol. The predicted octanol–water partition coefficient (Wildman–Crippen LogP) is 1.46. The Morgan fingerprint density at radius 1 is 1.26 bits per heavy atom. The molecule has 0 bridgehead atoms. The van der Waals surface area contributed by atoms with E-state index in [1.54, 1.807) is 4.90 Å². The number of nitrogens with one attached hydrogen (secondary N) is 1. The summed E-state index contributed by atoms with van der Waals surface area (Å²) >= 11 is 0. The Bertz CT molecular complexity index is 991. The van der Waals surface area contributed by atoms with Crippen molar-refractivity contribution in [3.8, 4) is 0 Å². The highest BCUT2D eigenvalue weighted by Crippen LogP contribution is 2.27. The molecule has 9 nitrogen and oxygen atoms in total. The molecule has 2 aliphatic rings. The normalized spacial score (nSPS) is 19.1. The highest BCUT2D eigenvalue weighted by Gasteiger charge is 2.32. The number of hydrogen-bond donors (Lipinski definition) is 1. The Morgan fingerprint density at radius 3 is 2.55 bits per heavy atom. The number of anilines is 1. The van der Waals surface area contributed by atoms with Crippen molar-refractivity contribution < 1.29 is 27.5 Å². The fourth-order valence-corrected chi connectivity index (χ4v) is 4.80. The SMILES string of the molecule is CC(=O)NC[C@H]1CN(c2ccc(C3=CCN(C(=O)CSS(C)(=O)=O)CC3)cc2)C(=O)O1. The third-order valence-electron chi connectivity index (χ3n) is 4.96. The van der Waals surface area contributed by atoms with Gasteiger partial charge in [0.1, 0.15) is 6.10 Å². The minimum absolute atomic E-state index is 0.0778. The van der Waals surface area contributed by atoms with Crippen LogP contribution >= 0.6 is 10.8 Å². The quantitative estimate of drug-likeness (QED) is 0.604. The van der Waals surface area contributed by atoms with Crippen molar-refractivity contribution in [2.75, 3.05) is 43.1 Å². The zero-order valence-electron chi connectivity index (χ0n) is 17.4. The largest absolute Gasteiger partial charge is 0.442 e. The molecular formula is C20H25N3O6S2. The lowest BCUT2D eigenvalue weighted by atomic mass is 9.99. The van der Waals surface area contributed by atoms with Crippen molar-refractivity contribution in [3.05, 3.63) is 35.9 Å². The van der Waals surface area contributed by atoms with Gasteiger partial charge in [0.25, 0.3) is 0 Å². The Hall–Kier alpha value is -2.53. The van der Waals surface area contributed by atoms with Crippen LogP contribution in [0.5, 0.6) is 0 Å². The molecule has 0 spiro atoms. The standard InChI is InChI=1S/C20H25N3O6S2/c1-14(24)21-11-18-12-23(20(26)29-18)17-5-3-15(4-6-17)16-7-9-22(10-8-16)19(25)13-30-31(2,27)28/h3-7,18H,8-13H2,1-2H3,(H,21,24)/t18-/m0/s1. The highest BCUT2D eigenvalue weighted by atomic mass is 33.1. The number of cyclic esters (lactones) is 1. The molecule has 1 N–H and O–H groups in total. The lowest BCUT2D eigenvalue weighted by Crippen LogP contribution is -2.36. The predicted molar refractivity (Wildman–Crippen MR) is 119 cm³/mol. The van der Waals surface area contributed by atoms with E-state index in [1.807, 2.05) is 30.3 Å². The first-order chi connectivity index (χ1) is 14.6. The van der Waals surface area contributed by atoms with Gasteiger partial charge < -0.3 is 15.0 Å². The van der Waals surface area contributed by atoms with E-state index in [2.05, 4.69) is 5.32 Å². The summed E-state index contributed by atoms with van der Waals surface area (Å²) in [5.74, 6) is -0.442. The number of benzene rings is 1. The van der Waals surface area contributed by atoms with E-state index in [-0.39, 0.29) is 30.2 Å². The molecule has 0 radical (unpaired) electrons. The van der Waals surface area contributed by atoms with Crippen molar-refractivity contribution in [1.82, 2.24) is 10.2 Å². The van der Waals surface area contributed by atoms with Crippen LogP contribution in [-0.4, -0.2) is 75.5 Å². The summed E-state index contributed by atoms with van der Waals surface area (Å²) < 4.78 is 27.7. The van der Waals surface area contributed by atoms with E-state index < -0.39 is 15.0 Å². The molecule has 3 amide bonds. The molecule has 2 aliphatic heterocycles. The van der Waals surface area contributed by atoms with Crippen LogP contribution in [0.25, 0.3) is 5.57 Å². The second-order valence-electron chi connectivity index (χ2n) is 7.39. The van der Waals surface area contributed by atoms with Gasteiger partial charge in [0, 0.05) is 32.0 Å². The number of hydrogen-bond acceptors (Lipinski definition) is 7. The minimum Gasteiger partial charge on any atom is -0.442 e. The third-order valence-corrected chi connectivity index (χ3v) is 7.39. The number of ether oxygens (including phenoxy) is 1. The van der Waals surface area contributed by atoms with Gasteiger partial charge in [-0.25, -0.2) is 13.2 Å². The minimum atomic E-state index is -3.24. The van der Waals surface area contributed by atoms with E-state index in [1.165, 1.54) is 11.8 Å². The van der Waals surface area contributed by atoms with E-state index >= 15 is 0 Å². The van der Waals surface area contributed by atoms with E-state index in [9.17, 15) is 22.8 Å². The summed E-state index contributed by atoms with van der Waals surface area (Å²) in [6.07, 6.45) is 2.89. The zero-order valence-corrected chi connectivity index (χ0v) is 19.0. The monoisotopic (exact) mass is 467 g/mol. The van der Waals surface area contributed by atoms with Crippen molar-refractivity contribution in [3.63, 3.8) is 0 Å². The van der Waals surface area contributed by atoms with Crippen LogP contribution < -0.4 is 10.2 Å². The summed E-state index contributed by atoms with van der Waals surface area (Å²) in [5, 5.41) is 2.65. The third kappa shape index (κ3) is 6.47. The Kier molecular flexibility index (Phi) is 7.26. The van der Waals surface area contributed by atoms with Gasteiger partial charge in [0.15, 0.2) is 8.87 Å². The fraction of sp³-hybridized carbons (Fsp3) is 0.450. The van der Waals surface area contributed by atoms with E-state index in [0.717, 1.165) is 17.4 Å². The smallest absolute Gasteiger partial charge is 0.414 e. The molecule has 1 saturated heterocycles. The number of rotatable bonds is 7. The number of nitrogens with zero attached hydrogens (tertiary/aromatic N) is 2. The van der Waals surface area contributed by atoms with Crippen molar-refractivity contribution in [1.29, 1.82) is 0 Å². The Labute approximate surface area is 185 Å². The maximum atomic E-state index is 12.2. The van der Waals surface area contributed by atoms with Crippen molar-refractivity contribution in [2.24, 2.45) is 0 Å². The summed E-state index contributed by atoms with van der Waals surface area (Å²) in [6.45, 7) is 3.02. The van der Waals surface area contributed by atoms with Crippen LogP contribution in [0.2, 0.25) is 0 Å². The second kappa shape index (κ2) is 9.73. The average molecular weight is 468 g/mol. The molecule has 0 aliphatic carbocycles. The molecule has 0 unspecified atom stereocenters. The first-order valence-corrected chi connectivity index (χ1v) is 13.2. The molecule has 1 aromatic rings. The summed E-state index contributed by atoms with van der Waals surface area (Å²) in [5.41, 5.74) is 2.81. The molecule has 0 aromatic heterocycles. The Balaban J connectivity index is 1.57. The number of carbonyl (C=O) groups is 3. The van der Waals surface area contributed by atoms with Crippen LogP contribution in [-0.2, 0) is 23.2 Å². The van der Waals surface area contributed by atoms with Gasteiger partial charge in [-0.05, 0) is 40.5 Å². The summed E-state index contributed by atoms with van der Waals surface area (Å²) in [6, 6.07) is 7.54. The van der Waals surface area contributed by atoms with Crippen LogP contribution in [0.1, 0.15) is 18.9 Å². The molecule has 3 rings (SSSR count). The van der Waals surface area contributed by atoms with Gasteiger partial charge >= 0.3 is 6.09 Å². The average Bonchev–Trinajstić information content (AvgIpc) is 3.11. The lowest BCUT2D eigenvalue weighted by Gasteiger charge is -2.26. The van der Waals surface area contributed by atoms with Crippen LogP contribution in [0.3, 0.4) is 0 Å². The highest BCUT2D eigenvalue weighted by molar-refractivity contribution is 8.72.